The Morgan fingerprint density at radius 3 is 2.80 bits per heavy atom. The summed E-state index contributed by atoms with van der Waals surface area (Å²) in [6.45, 7) is 5.39. The molecule has 1 fully saturated rings. The third-order valence-corrected chi connectivity index (χ3v) is 4.21. The van der Waals surface area contributed by atoms with E-state index >= 15 is 0 Å². The van der Waals surface area contributed by atoms with Gasteiger partial charge in [0.1, 0.15) is 0 Å². The zero-order chi connectivity index (χ0) is 14.5. The number of nitrogens with one attached hydrogen (secondary N) is 2. The van der Waals surface area contributed by atoms with Gasteiger partial charge in [0.2, 0.25) is 5.91 Å². The highest BCUT2D eigenvalue weighted by Crippen LogP contribution is 2.37. The van der Waals surface area contributed by atoms with Crippen LogP contribution in [0.3, 0.4) is 0 Å². The molecule has 2 N–H and O–H groups in total. The third kappa shape index (κ3) is 4.60. The Hall–Kier alpha value is -0.870. The Bertz CT molecular complexity index is 456. The molecule has 0 spiro atoms. The molecule has 4 heteroatoms. The average molecular weight is 339 g/mol. The van der Waals surface area contributed by atoms with Gasteiger partial charge in [0.15, 0.2) is 0 Å². The highest BCUT2D eigenvalue weighted by Gasteiger charge is 2.30. The topological polar surface area (TPSA) is 41.1 Å². The molecule has 1 amide bonds. The third-order valence-electron chi connectivity index (χ3n) is 3.72. The Balaban J connectivity index is 1.66. The SMILES string of the molecule is CC(C)CNC(=O)CNC1CC(c2cccc(Br)c2)C1. The molecule has 0 bridgehead atoms. The normalized spacial score (nSPS) is 21.6. The first-order valence-electron chi connectivity index (χ1n) is 7.30. The zero-order valence-corrected chi connectivity index (χ0v) is 13.7. The summed E-state index contributed by atoms with van der Waals surface area (Å²) >= 11 is 3.51. The molecule has 1 aromatic rings. The lowest BCUT2D eigenvalue weighted by Crippen LogP contribution is -2.45. The van der Waals surface area contributed by atoms with E-state index in [2.05, 4.69) is 64.7 Å². The fourth-order valence-corrected chi connectivity index (χ4v) is 2.85. The Morgan fingerprint density at radius 1 is 1.40 bits per heavy atom. The quantitative estimate of drug-likeness (QED) is 0.836. The Labute approximate surface area is 129 Å². The number of carbonyl (C=O) groups is 1. The van der Waals surface area contributed by atoms with Gasteiger partial charge in [0.05, 0.1) is 6.54 Å². The fraction of sp³-hybridized carbons (Fsp3) is 0.562. The van der Waals surface area contributed by atoms with E-state index in [0.717, 1.165) is 23.9 Å². The summed E-state index contributed by atoms with van der Waals surface area (Å²) < 4.78 is 1.14. The van der Waals surface area contributed by atoms with Gasteiger partial charge in [0, 0.05) is 17.1 Å². The first kappa shape index (κ1) is 15.5. The fourth-order valence-electron chi connectivity index (χ4n) is 2.43. The van der Waals surface area contributed by atoms with Gasteiger partial charge in [0.25, 0.3) is 0 Å². The molecule has 0 saturated heterocycles. The predicted octanol–water partition coefficient (Wildman–Crippen LogP) is 3.06. The van der Waals surface area contributed by atoms with Gasteiger partial charge in [-0.3, -0.25) is 4.79 Å². The summed E-state index contributed by atoms with van der Waals surface area (Å²) in [5.41, 5.74) is 1.39. The van der Waals surface area contributed by atoms with Crippen LogP contribution in [0.1, 0.15) is 38.2 Å². The smallest absolute Gasteiger partial charge is 0.233 e. The molecule has 110 valence electrons. The van der Waals surface area contributed by atoms with Gasteiger partial charge in [-0.2, -0.15) is 0 Å². The van der Waals surface area contributed by atoms with Gasteiger partial charge in [-0.1, -0.05) is 41.9 Å². The number of hydrogen-bond acceptors (Lipinski definition) is 2. The molecular formula is C16H23BrN2O. The number of benzene rings is 1. The van der Waals surface area contributed by atoms with Crippen molar-refractivity contribution >= 4 is 21.8 Å². The maximum Gasteiger partial charge on any atom is 0.233 e. The molecule has 0 aromatic heterocycles. The van der Waals surface area contributed by atoms with Crippen LogP contribution in [0.4, 0.5) is 0 Å². The van der Waals surface area contributed by atoms with Crippen molar-refractivity contribution in [1.82, 2.24) is 10.6 Å². The van der Waals surface area contributed by atoms with E-state index < -0.39 is 0 Å². The lowest BCUT2D eigenvalue weighted by atomic mass is 9.76. The molecule has 1 saturated carbocycles. The van der Waals surface area contributed by atoms with Gasteiger partial charge >= 0.3 is 0 Å². The van der Waals surface area contributed by atoms with Crippen molar-refractivity contribution in [2.75, 3.05) is 13.1 Å². The molecule has 0 unspecified atom stereocenters. The first-order chi connectivity index (χ1) is 9.54. The zero-order valence-electron chi connectivity index (χ0n) is 12.2. The second kappa shape index (κ2) is 7.23. The average Bonchev–Trinajstić information content (AvgIpc) is 2.34. The van der Waals surface area contributed by atoms with Crippen LogP contribution in [0.15, 0.2) is 28.7 Å². The molecule has 1 aromatic carbocycles. The van der Waals surface area contributed by atoms with Crippen molar-refractivity contribution in [2.45, 2.75) is 38.6 Å². The van der Waals surface area contributed by atoms with Crippen LogP contribution >= 0.6 is 15.9 Å². The van der Waals surface area contributed by atoms with Crippen molar-refractivity contribution in [3.63, 3.8) is 0 Å². The van der Waals surface area contributed by atoms with E-state index in [1.54, 1.807) is 0 Å². The van der Waals surface area contributed by atoms with E-state index in [1.807, 2.05) is 0 Å². The standard InChI is InChI=1S/C16H23BrN2O/c1-11(2)9-19-16(20)10-18-15-7-13(8-15)12-4-3-5-14(17)6-12/h3-6,11,13,15,18H,7-10H2,1-2H3,(H,19,20). The molecule has 0 atom stereocenters. The van der Waals surface area contributed by atoms with Crippen molar-refractivity contribution in [2.24, 2.45) is 5.92 Å². The van der Waals surface area contributed by atoms with E-state index in [1.165, 1.54) is 5.56 Å². The number of rotatable bonds is 6. The summed E-state index contributed by atoms with van der Waals surface area (Å²) in [7, 11) is 0. The molecule has 1 aliphatic rings. The first-order valence-corrected chi connectivity index (χ1v) is 8.09. The van der Waals surface area contributed by atoms with Crippen molar-refractivity contribution in [3.05, 3.63) is 34.3 Å². The summed E-state index contributed by atoms with van der Waals surface area (Å²) in [6.07, 6.45) is 2.24. The maximum absolute atomic E-state index is 11.6. The summed E-state index contributed by atoms with van der Waals surface area (Å²) in [6, 6.07) is 8.98. The van der Waals surface area contributed by atoms with E-state index in [0.29, 0.717) is 24.4 Å². The lowest BCUT2D eigenvalue weighted by molar-refractivity contribution is -0.120. The minimum atomic E-state index is 0.101. The van der Waals surface area contributed by atoms with Crippen LogP contribution in [-0.4, -0.2) is 25.0 Å². The van der Waals surface area contributed by atoms with Crippen LogP contribution in [0.2, 0.25) is 0 Å². The van der Waals surface area contributed by atoms with Crippen LogP contribution in [-0.2, 0) is 4.79 Å². The summed E-state index contributed by atoms with van der Waals surface area (Å²) in [5, 5.41) is 6.26. The molecule has 0 heterocycles. The molecule has 2 rings (SSSR count). The van der Waals surface area contributed by atoms with Gasteiger partial charge in [-0.25, -0.2) is 0 Å². The molecule has 0 aliphatic heterocycles. The number of carbonyl (C=O) groups excluding carboxylic acids is 1. The monoisotopic (exact) mass is 338 g/mol. The second-order valence-corrected chi connectivity index (χ2v) is 6.91. The minimum absolute atomic E-state index is 0.101. The van der Waals surface area contributed by atoms with Crippen LogP contribution < -0.4 is 10.6 Å². The van der Waals surface area contributed by atoms with Gasteiger partial charge in [-0.05, 0) is 42.4 Å². The van der Waals surface area contributed by atoms with E-state index in [-0.39, 0.29) is 5.91 Å². The van der Waals surface area contributed by atoms with E-state index in [4.69, 9.17) is 0 Å². The summed E-state index contributed by atoms with van der Waals surface area (Å²) in [5.74, 6) is 1.23. The van der Waals surface area contributed by atoms with Crippen molar-refractivity contribution < 1.29 is 4.79 Å². The number of hydrogen-bond donors (Lipinski definition) is 2. The molecule has 3 nitrogen and oxygen atoms in total. The molecule has 0 radical (unpaired) electrons. The largest absolute Gasteiger partial charge is 0.355 e. The lowest BCUT2D eigenvalue weighted by Gasteiger charge is -2.36. The molecule has 20 heavy (non-hydrogen) atoms. The number of halogens is 1. The van der Waals surface area contributed by atoms with Crippen LogP contribution in [0.25, 0.3) is 0 Å². The van der Waals surface area contributed by atoms with E-state index in [9.17, 15) is 4.79 Å². The Kier molecular flexibility index (Phi) is 5.61. The maximum atomic E-state index is 11.6. The number of amides is 1. The highest BCUT2D eigenvalue weighted by molar-refractivity contribution is 9.10. The van der Waals surface area contributed by atoms with Gasteiger partial charge < -0.3 is 10.6 Å². The van der Waals surface area contributed by atoms with Crippen LogP contribution in [0.5, 0.6) is 0 Å². The molecule has 1 aliphatic carbocycles. The summed E-state index contributed by atoms with van der Waals surface area (Å²) in [4.78, 5) is 11.6. The minimum Gasteiger partial charge on any atom is -0.355 e. The predicted molar refractivity (Wildman–Crippen MR) is 85.8 cm³/mol. The Morgan fingerprint density at radius 2 is 2.15 bits per heavy atom. The highest BCUT2D eigenvalue weighted by atomic mass is 79.9. The van der Waals surface area contributed by atoms with Crippen molar-refractivity contribution in [3.8, 4) is 0 Å². The second-order valence-electron chi connectivity index (χ2n) is 6.00. The molecular weight excluding hydrogens is 316 g/mol. The van der Waals surface area contributed by atoms with Gasteiger partial charge in [-0.15, -0.1) is 0 Å². The van der Waals surface area contributed by atoms with Crippen molar-refractivity contribution in [1.29, 1.82) is 0 Å². The van der Waals surface area contributed by atoms with Crippen LogP contribution in [0, 0.1) is 5.92 Å².